The van der Waals surface area contributed by atoms with Gasteiger partial charge in [-0.2, -0.15) is 0 Å². The first kappa shape index (κ1) is 20.9. The van der Waals surface area contributed by atoms with Gasteiger partial charge in [0.05, 0.1) is 19.9 Å². The third-order valence-electron chi connectivity index (χ3n) is 4.77. The van der Waals surface area contributed by atoms with Gasteiger partial charge in [-0.3, -0.25) is 14.9 Å². The second-order valence-electron chi connectivity index (χ2n) is 6.98. The number of methoxy groups -OCH3 is 2. The van der Waals surface area contributed by atoms with Crippen molar-refractivity contribution in [1.82, 2.24) is 5.32 Å². The number of phenolic OH excluding ortho intramolecular Hbond substituents is 1. The molecule has 0 bridgehead atoms. The number of phenols is 1. The van der Waals surface area contributed by atoms with Crippen LogP contribution in [0.4, 0.5) is 10.5 Å². The van der Waals surface area contributed by atoms with Crippen molar-refractivity contribution >= 4 is 29.6 Å². The van der Waals surface area contributed by atoms with E-state index >= 15 is 0 Å². The van der Waals surface area contributed by atoms with Crippen LogP contribution in [-0.2, 0) is 9.59 Å². The van der Waals surface area contributed by atoms with Crippen molar-refractivity contribution < 1.29 is 29.0 Å². The van der Waals surface area contributed by atoms with Crippen LogP contribution >= 0.6 is 0 Å². The van der Waals surface area contributed by atoms with Gasteiger partial charge in [0, 0.05) is 0 Å². The summed E-state index contributed by atoms with van der Waals surface area (Å²) in [5.41, 5.74) is 3.04. The lowest BCUT2D eigenvalue weighted by atomic mass is 10.0. The molecule has 3 rings (SSSR count). The lowest BCUT2D eigenvalue weighted by molar-refractivity contribution is -0.122. The van der Waals surface area contributed by atoms with Gasteiger partial charge < -0.3 is 14.6 Å². The first-order valence-corrected chi connectivity index (χ1v) is 9.12. The second kappa shape index (κ2) is 7.90. The van der Waals surface area contributed by atoms with Crippen molar-refractivity contribution in [3.8, 4) is 17.2 Å². The number of hydrogen-bond acceptors (Lipinski definition) is 6. The van der Waals surface area contributed by atoms with Crippen molar-refractivity contribution in [3.05, 3.63) is 52.1 Å². The van der Waals surface area contributed by atoms with Crippen molar-refractivity contribution in [1.29, 1.82) is 0 Å². The number of rotatable bonds is 4. The van der Waals surface area contributed by atoms with E-state index in [0.29, 0.717) is 11.3 Å². The fourth-order valence-corrected chi connectivity index (χ4v) is 3.55. The van der Waals surface area contributed by atoms with Crippen LogP contribution in [0.3, 0.4) is 0 Å². The standard InChI is InChI=1S/C22H22N2O6/c1-11-6-12(2)18(13(3)7-11)24-21(27)15(20(26)23-22(24)28)8-14-9-16(29-4)19(25)17(10-14)30-5/h6-10,25H,1-5H3,(H,23,26,28). The molecule has 0 aliphatic carbocycles. The Hall–Kier alpha value is -3.81. The normalized spacial score (nSPS) is 15.4. The molecule has 30 heavy (non-hydrogen) atoms. The van der Waals surface area contributed by atoms with E-state index < -0.39 is 17.8 Å². The summed E-state index contributed by atoms with van der Waals surface area (Å²) in [4.78, 5) is 39.1. The molecule has 2 aromatic rings. The van der Waals surface area contributed by atoms with Gasteiger partial charge in [0.15, 0.2) is 11.5 Å². The number of hydrogen-bond donors (Lipinski definition) is 2. The largest absolute Gasteiger partial charge is 0.502 e. The van der Waals surface area contributed by atoms with Crippen molar-refractivity contribution in [3.63, 3.8) is 0 Å². The van der Waals surface area contributed by atoms with Gasteiger partial charge in [0.2, 0.25) is 5.75 Å². The number of barbiturate groups is 1. The lowest BCUT2D eigenvalue weighted by Gasteiger charge is -2.29. The van der Waals surface area contributed by atoms with E-state index in [1.165, 1.54) is 32.4 Å². The van der Waals surface area contributed by atoms with Crippen LogP contribution in [0.1, 0.15) is 22.3 Å². The van der Waals surface area contributed by atoms with E-state index in [1.54, 1.807) is 13.8 Å². The number of aromatic hydroxyl groups is 1. The number of anilines is 1. The summed E-state index contributed by atoms with van der Waals surface area (Å²) in [7, 11) is 2.74. The van der Waals surface area contributed by atoms with Crippen molar-refractivity contribution in [2.45, 2.75) is 20.8 Å². The van der Waals surface area contributed by atoms with Gasteiger partial charge in [-0.15, -0.1) is 0 Å². The number of imide groups is 2. The van der Waals surface area contributed by atoms with Crippen LogP contribution in [0, 0.1) is 20.8 Å². The van der Waals surface area contributed by atoms with Gasteiger partial charge in [-0.05, 0) is 55.7 Å². The number of amides is 4. The molecule has 0 saturated carbocycles. The summed E-state index contributed by atoms with van der Waals surface area (Å²) in [6.07, 6.45) is 1.32. The van der Waals surface area contributed by atoms with Crippen molar-refractivity contribution in [2.75, 3.05) is 19.1 Å². The number of benzene rings is 2. The summed E-state index contributed by atoms with van der Waals surface area (Å²) < 4.78 is 10.2. The van der Waals surface area contributed by atoms with Gasteiger partial charge in [0.1, 0.15) is 5.57 Å². The summed E-state index contributed by atoms with van der Waals surface area (Å²) in [5, 5.41) is 12.3. The predicted molar refractivity (Wildman–Crippen MR) is 111 cm³/mol. The monoisotopic (exact) mass is 410 g/mol. The summed E-state index contributed by atoms with van der Waals surface area (Å²) in [5.74, 6) is -1.53. The van der Waals surface area contributed by atoms with Crippen LogP contribution in [-0.4, -0.2) is 37.2 Å². The lowest BCUT2D eigenvalue weighted by Crippen LogP contribution is -2.54. The first-order valence-electron chi connectivity index (χ1n) is 9.12. The molecule has 1 heterocycles. The first-order chi connectivity index (χ1) is 14.2. The predicted octanol–water partition coefficient (Wildman–Crippen LogP) is 3.00. The van der Waals surface area contributed by atoms with E-state index in [-0.39, 0.29) is 22.8 Å². The molecule has 0 radical (unpaired) electrons. The zero-order valence-corrected chi connectivity index (χ0v) is 17.3. The molecule has 8 heteroatoms. The Morgan fingerprint density at radius 2 is 1.47 bits per heavy atom. The zero-order chi connectivity index (χ0) is 22.2. The minimum absolute atomic E-state index is 0.114. The second-order valence-corrected chi connectivity index (χ2v) is 6.98. The van der Waals surface area contributed by atoms with E-state index in [1.807, 2.05) is 19.1 Å². The molecule has 2 aromatic carbocycles. The molecule has 0 spiro atoms. The van der Waals surface area contributed by atoms with Gasteiger partial charge in [-0.25, -0.2) is 9.69 Å². The Bertz CT molecular complexity index is 1050. The highest BCUT2D eigenvalue weighted by Gasteiger charge is 2.38. The third kappa shape index (κ3) is 3.59. The van der Waals surface area contributed by atoms with Crippen LogP contribution in [0.15, 0.2) is 29.8 Å². The number of carbonyl (C=O) groups is 3. The SMILES string of the molecule is COc1cc(C=C2C(=O)NC(=O)N(c3c(C)cc(C)cc3C)C2=O)cc(OC)c1O. The number of ether oxygens (including phenoxy) is 2. The Morgan fingerprint density at radius 1 is 0.933 bits per heavy atom. The van der Waals surface area contributed by atoms with E-state index in [4.69, 9.17) is 9.47 Å². The molecule has 1 aliphatic heterocycles. The molecule has 0 unspecified atom stereocenters. The fourth-order valence-electron chi connectivity index (χ4n) is 3.55. The summed E-state index contributed by atoms with van der Waals surface area (Å²) >= 11 is 0. The molecule has 8 nitrogen and oxygen atoms in total. The molecule has 4 amide bonds. The molecule has 1 saturated heterocycles. The smallest absolute Gasteiger partial charge is 0.335 e. The number of nitrogens with zero attached hydrogens (tertiary/aromatic N) is 1. The quantitative estimate of drug-likeness (QED) is 0.593. The molecule has 2 N–H and O–H groups in total. The van der Waals surface area contributed by atoms with Crippen LogP contribution in [0.25, 0.3) is 6.08 Å². The van der Waals surface area contributed by atoms with Gasteiger partial charge in [0.25, 0.3) is 11.8 Å². The molecule has 0 aromatic heterocycles. The highest BCUT2D eigenvalue weighted by molar-refractivity contribution is 6.39. The van der Waals surface area contributed by atoms with Crippen LogP contribution in [0.5, 0.6) is 17.2 Å². The number of nitrogens with one attached hydrogen (secondary N) is 1. The molecule has 1 aliphatic rings. The highest BCUT2D eigenvalue weighted by Crippen LogP contribution is 2.38. The van der Waals surface area contributed by atoms with Gasteiger partial charge >= 0.3 is 6.03 Å². The number of aryl methyl sites for hydroxylation is 3. The molecular formula is C22H22N2O6. The summed E-state index contributed by atoms with van der Waals surface area (Å²) in [6, 6.07) is 5.82. The average Bonchev–Trinajstić information content (AvgIpc) is 2.67. The molecular weight excluding hydrogens is 388 g/mol. The summed E-state index contributed by atoms with van der Waals surface area (Å²) in [6.45, 7) is 5.51. The van der Waals surface area contributed by atoms with Gasteiger partial charge in [-0.1, -0.05) is 17.7 Å². The molecule has 1 fully saturated rings. The Labute approximate surface area is 173 Å². The fraction of sp³-hybridized carbons (Fsp3) is 0.227. The van der Waals surface area contributed by atoms with Crippen molar-refractivity contribution in [2.24, 2.45) is 0 Å². The minimum Gasteiger partial charge on any atom is -0.502 e. The Kier molecular flexibility index (Phi) is 5.51. The van der Waals surface area contributed by atoms with Crippen LogP contribution in [0.2, 0.25) is 0 Å². The number of urea groups is 1. The third-order valence-corrected chi connectivity index (χ3v) is 4.77. The maximum Gasteiger partial charge on any atom is 0.335 e. The maximum absolute atomic E-state index is 13.2. The Morgan fingerprint density at radius 3 is 1.97 bits per heavy atom. The minimum atomic E-state index is -0.810. The zero-order valence-electron chi connectivity index (χ0n) is 17.3. The van der Waals surface area contributed by atoms with Crippen LogP contribution < -0.4 is 19.7 Å². The Balaban J connectivity index is 2.12. The average molecular weight is 410 g/mol. The maximum atomic E-state index is 13.2. The topological polar surface area (TPSA) is 105 Å². The van der Waals surface area contributed by atoms with E-state index in [2.05, 4.69) is 5.32 Å². The molecule has 0 atom stereocenters. The van der Waals surface area contributed by atoms with E-state index in [9.17, 15) is 19.5 Å². The molecule has 156 valence electrons. The number of carbonyl (C=O) groups excluding carboxylic acids is 3. The highest BCUT2D eigenvalue weighted by atomic mass is 16.5. The van der Waals surface area contributed by atoms with E-state index in [0.717, 1.165) is 21.6 Å².